The number of aromatic hydroxyl groups is 2. The predicted molar refractivity (Wildman–Crippen MR) is 79.6 cm³/mol. The number of rotatable bonds is 2. The van der Waals surface area contributed by atoms with Crippen molar-refractivity contribution in [2.75, 3.05) is 0 Å². The van der Waals surface area contributed by atoms with Gasteiger partial charge in [-0.2, -0.15) is 0 Å². The Hall–Kier alpha value is -3.02. The van der Waals surface area contributed by atoms with Crippen LogP contribution in [0.1, 0.15) is 31.8 Å². The van der Waals surface area contributed by atoms with E-state index in [-0.39, 0.29) is 22.6 Å². The second-order valence-corrected chi connectivity index (χ2v) is 4.65. The van der Waals surface area contributed by atoms with Gasteiger partial charge in [-0.25, -0.2) is 9.59 Å². The minimum Gasteiger partial charge on any atom is -0.507 e. The normalized spacial score (nSPS) is 9.55. The summed E-state index contributed by atoms with van der Waals surface area (Å²) in [5.74, 6) is -2.59. The Bertz CT molecular complexity index is 706. The minimum atomic E-state index is -1.11. The summed E-state index contributed by atoms with van der Waals surface area (Å²) >= 11 is 0. The molecular formula is C16H16O6. The van der Waals surface area contributed by atoms with Crippen LogP contribution < -0.4 is 0 Å². The van der Waals surface area contributed by atoms with Crippen LogP contribution >= 0.6 is 0 Å². The first kappa shape index (κ1) is 17.0. The summed E-state index contributed by atoms with van der Waals surface area (Å²) in [7, 11) is 0. The zero-order valence-electron chi connectivity index (χ0n) is 12.1. The Balaban J connectivity index is 0.000000220. The lowest BCUT2D eigenvalue weighted by atomic mass is 10.1. The van der Waals surface area contributed by atoms with Gasteiger partial charge >= 0.3 is 11.9 Å². The van der Waals surface area contributed by atoms with Crippen LogP contribution in [-0.2, 0) is 0 Å². The molecule has 0 atom stereocenters. The Morgan fingerprint density at radius 1 is 0.727 bits per heavy atom. The molecule has 2 aromatic carbocycles. The summed E-state index contributed by atoms with van der Waals surface area (Å²) in [6.45, 7) is 3.55. The Kier molecular flexibility index (Phi) is 5.51. The standard InChI is InChI=1S/2C8H8O3/c1-5-2-3-7(9)6(4-5)8(10)11;1-5-2-3-6(8(10)11)7(9)4-5/h2*2-4,9H,1H3,(H,10,11). The number of carbonyl (C=O) groups is 2. The van der Waals surface area contributed by atoms with E-state index >= 15 is 0 Å². The van der Waals surface area contributed by atoms with Crippen molar-refractivity contribution in [3.63, 3.8) is 0 Å². The highest BCUT2D eigenvalue weighted by molar-refractivity contribution is 5.91. The van der Waals surface area contributed by atoms with Crippen LogP contribution in [0.3, 0.4) is 0 Å². The number of aromatic carboxylic acids is 2. The molecule has 0 saturated carbocycles. The van der Waals surface area contributed by atoms with E-state index in [9.17, 15) is 9.59 Å². The molecule has 0 aliphatic rings. The number of benzene rings is 2. The van der Waals surface area contributed by atoms with Gasteiger partial charge in [0, 0.05) is 0 Å². The highest BCUT2D eigenvalue weighted by Crippen LogP contribution is 2.18. The van der Waals surface area contributed by atoms with Crippen LogP contribution in [0.5, 0.6) is 11.5 Å². The van der Waals surface area contributed by atoms with Crippen LogP contribution in [0.2, 0.25) is 0 Å². The van der Waals surface area contributed by atoms with Crippen molar-refractivity contribution in [1.82, 2.24) is 0 Å². The summed E-state index contributed by atoms with van der Waals surface area (Å²) in [6, 6.07) is 8.90. The molecule has 0 aliphatic carbocycles. The van der Waals surface area contributed by atoms with Crippen molar-refractivity contribution in [3.8, 4) is 11.5 Å². The number of aryl methyl sites for hydroxylation is 2. The van der Waals surface area contributed by atoms with Gasteiger partial charge in [-0.05, 0) is 43.7 Å². The van der Waals surface area contributed by atoms with Crippen LogP contribution in [0.25, 0.3) is 0 Å². The van der Waals surface area contributed by atoms with Gasteiger partial charge in [-0.3, -0.25) is 0 Å². The van der Waals surface area contributed by atoms with E-state index in [0.717, 1.165) is 11.1 Å². The third kappa shape index (κ3) is 4.52. The molecule has 4 N–H and O–H groups in total. The molecule has 0 spiro atoms. The van der Waals surface area contributed by atoms with Crippen LogP contribution in [-0.4, -0.2) is 32.4 Å². The molecule has 0 saturated heterocycles. The van der Waals surface area contributed by atoms with Gasteiger partial charge in [0.25, 0.3) is 0 Å². The summed E-state index contributed by atoms with van der Waals surface area (Å²) in [4.78, 5) is 20.8. The van der Waals surface area contributed by atoms with Crippen LogP contribution in [0.4, 0.5) is 0 Å². The molecule has 6 nitrogen and oxygen atoms in total. The fourth-order valence-electron chi connectivity index (χ4n) is 1.64. The third-order valence-electron chi connectivity index (χ3n) is 2.77. The van der Waals surface area contributed by atoms with E-state index in [2.05, 4.69) is 0 Å². The monoisotopic (exact) mass is 304 g/mol. The molecule has 0 aliphatic heterocycles. The third-order valence-corrected chi connectivity index (χ3v) is 2.77. The second kappa shape index (κ2) is 7.12. The molecule has 0 radical (unpaired) electrons. The maximum atomic E-state index is 10.4. The average Bonchev–Trinajstić information content (AvgIpc) is 2.41. The zero-order valence-corrected chi connectivity index (χ0v) is 12.1. The van der Waals surface area contributed by atoms with E-state index in [0.29, 0.717) is 0 Å². The van der Waals surface area contributed by atoms with Gasteiger partial charge in [0.15, 0.2) is 0 Å². The Morgan fingerprint density at radius 2 is 1.23 bits per heavy atom. The number of phenols is 2. The highest BCUT2D eigenvalue weighted by atomic mass is 16.4. The van der Waals surface area contributed by atoms with Crippen LogP contribution in [0, 0.1) is 13.8 Å². The van der Waals surface area contributed by atoms with Crippen LogP contribution in [0.15, 0.2) is 36.4 Å². The van der Waals surface area contributed by atoms with Crippen molar-refractivity contribution < 1.29 is 30.0 Å². The van der Waals surface area contributed by atoms with Crippen molar-refractivity contribution in [2.45, 2.75) is 13.8 Å². The molecule has 2 rings (SSSR count). The summed E-state index contributed by atoms with van der Waals surface area (Å²) in [5.41, 5.74) is 1.55. The van der Waals surface area contributed by atoms with Gasteiger partial charge < -0.3 is 20.4 Å². The van der Waals surface area contributed by atoms with E-state index < -0.39 is 11.9 Å². The van der Waals surface area contributed by atoms with Crippen molar-refractivity contribution in [1.29, 1.82) is 0 Å². The molecule has 116 valence electrons. The Morgan fingerprint density at radius 3 is 1.68 bits per heavy atom. The fourth-order valence-corrected chi connectivity index (χ4v) is 1.64. The molecule has 2 aromatic rings. The van der Waals surface area contributed by atoms with Gasteiger partial charge in [0.1, 0.15) is 22.6 Å². The first-order valence-corrected chi connectivity index (χ1v) is 6.28. The van der Waals surface area contributed by atoms with Gasteiger partial charge in [0.05, 0.1) is 0 Å². The largest absolute Gasteiger partial charge is 0.507 e. The van der Waals surface area contributed by atoms with Crippen molar-refractivity contribution >= 4 is 11.9 Å². The first-order chi connectivity index (χ1) is 10.2. The lowest BCUT2D eigenvalue weighted by molar-refractivity contribution is 0.0682. The zero-order chi connectivity index (χ0) is 16.9. The Labute approximate surface area is 126 Å². The maximum absolute atomic E-state index is 10.4. The smallest absolute Gasteiger partial charge is 0.339 e. The summed E-state index contributed by atoms with van der Waals surface area (Å²) < 4.78 is 0. The molecule has 0 aromatic heterocycles. The maximum Gasteiger partial charge on any atom is 0.339 e. The van der Waals surface area contributed by atoms with Crippen molar-refractivity contribution in [3.05, 3.63) is 58.7 Å². The number of hydrogen-bond acceptors (Lipinski definition) is 4. The van der Waals surface area contributed by atoms with E-state index in [4.69, 9.17) is 20.4 Å². The molecule has 6 heteroatoms. The van der Waals surface area contributed by atoms with Gasteiger partial charge in [-0.15, -0.1) is 0 Å². The summed E-state index contributed by atoms with van der Waals surface area (Å²) in [5, 5.41) is 35.1. The molecule has 0 unspecified atom stereocenters. The number of hydrogen-bond donors (Lipinski definition) is 4. The first-order valence-electron chi connectivity index (χ1n) is 6.28. The van der Waals surface area contributed by atoms with E-state index in [1.807, 2.05) is 0 Å². The molecule has 0 amide bonds. The molecule has 0 heterocycles. The summed E-state index contributed by atoms with van der Waals surface area (Å²) in [6.07, 6.45) is 0. The van der Waals surface area contributed by atoms with Crippen molar-refractivity contribution in [2.24, 2.45) is 0 Å². The minimum absolute atomic E-state index is 0.0509. The lowest BCUT2D eigenvalue weighted by Crippen LogP contribution is -1.96. The molecule has 0 fully saturated rings. The molecule has 22 heavy (non-hydrogen) atoms. The van der Waals surface area contributed by atoms with E-state index in [1.165, 1.54) is 24.3 Å². The quantitative estimate of drug-likeness (QED) is 0.678. The molecular weight excluding hydrogens is 288 g/mol. The number of carboxylic acid groups (broad SMARTS) is 2. The fraction of sp³-hybridized carbons (Fsp3) is 0.125. The number of carboxylic acids is 2. The average molecular weight is 304 g/mol. The van der Waals surface area contributed by atoms with Gasteiger partial charge in [0.2, 0.25) is 0 Å². The second-order valence-electron chi connectivity index (χ2n) is 4.65. The highest BCUT2D eigenvalue weighted by Gasteiger charge is 2.08. The SMILES string of the molecule is Cc1ccc(C(=O)O)c(O)c1.Cc1ccc(O)c(C(=O)O)c1. The van der Waals surface area contributed by atoms with E-state index in [1.54, 1.807) is 26.0 Å². The topological polar surface area (TPSA) is 115 Å². The molecule has 0 bridgehead atoms. The lowest BCUT2D eigenvalue weighted by Gasteiger charge is -1.98. The van der Waals surface area contributed by atoms with Gasteiger partial charge in [-0.1, -0.05) is 17.7 Å². The predicted octanol–water partition coefficient (Wildman–Crippen LogP) is 2.80.